The van der Waals surface area contributed by atoms with E-state index in [9.17, 15) is 5.11 Å². The van der Waals surface area contributed by atoms with Crippen LogP contribution in [0.2, 0.25) is 0 Å². The van der Waals surface area contributed by atoms with Crippen LogP contribution in [0.1, 0.15) is 0 Å². The van der Waals surface area contributed by atoms with Crippen LogP contribution in [0, 0.1) is 0 Å². The molecule has 104 valence electrons. The molecule has 0 aromatic heterocycles. The monoisotopic (exact) mass is 314 g/mol. The zero-order valence-electron chi connectivity index (χ0n) is 8.27. The van der Waals surface area contributed by atoms with E-state index in [2.05, 4.69) is 26.1 Å². The average Bonchev–Trinajstić information content (AvgIpc) is 2.19. The molecule has 8 nitrogen and oxygen atoms in total. The molecule has 0 radical (unpaired) electrons. The van der Waals surface area contributed by atoms with Gasteiger partial charge in [-0.2, -0.15) is 8.42 Å². The van der Waals surface area contributed by atoms with Crippen LogP contribution < -0.4 is 0 Å². The van der Waals surface area contributed by atoms with Gasteiger partial charge in [0.2, 0.25) is 5.79 Å². The van der Waals surface area contributed by atoms with Crippen molar-refractivity contribution in [1.82, 2.24) is 0 Å². The van der Waals surface area contributed by atoms with E-state index < -0.39 is 39.0 Å². The largest absolute Gasteiger partial charge is 0.391 e. The minimum atomic E-state index is -3.72. The summed E-state index contributed by atoms with van der Waals surface area (Å²) in [5, 5.41) is 45.0. The van der Waals surface area contributed by atoms with Crippen molar-refractivity contribution in [2.75, 3.05) is 13.2 Å². The Labute approximate surface area is 106 Å². The molecule has 5 N–H and O–H groups in total. The number of halogens is 2. The van der Waals surface area contributed by atoms with Crippen LogP contribution in [0.5, 0.6) is 0 Å². The quantitative estimate of drug-likeness (QED) is 0.334. The lowest BCUT2D eigenvalue weighted by Crippen LogP contribution is -2.62. The van der Waals surface area contributed by atoms with Gasteiger partial charge in [0.05, 0.1) is 13.2 Å². The van der Waals surface area contributed by atoms with Crippen LogP contribution in [-0.2, 0) is 13.0 Å². The number of hydrogen-bond donors (Lipinski definition) is 5. The molecule has 17 heavy (non-hydrogen) atoms. The molecule has 1 heterocycles. The van der Waals surface area contributed by atoms with Crippen LogP contribution in [0.25, 0.3) is 0 Å². The molecule has 1 aliphatic heterocycles. The number of ether oxygens (including phenoxy) is 1. The standard InChI is InChI=1S/C6H12O6.Cl2O2S/c7-2-6(11)5(10)4(9)3(8)1-12-6;1-5(2,3)4/h3-5,7-11H,1-2H2;/t3-,4-,5+,6?;/m1./s1. The number of aliphatic hydroxyl groups excluding tert-OH is 4. The summed E-state index contributed by atoms with van der Waals surface area (Å²) < 4.78 is 22.9. The molecule has 11 heteroatoms. The summed E-state index contributed by atoms with van der Waals surface area (Å²) >= 11 is 0. The van der Waals surface area contributed by atoms with Crippen molar-refractivity contribution in [2.24, 2.45) is 0 Å². The Kier molecular flexibility index (Phi) is 6.56. The summed E-state index contributed by atoms with van der Waals surface area (Å²) in [5.74, 6) is -2.17. The Morgan fingerprint density at radius 2 is 1.71 bits per heavy atom. The fourth-order valence-electron chi connectivity index (χ4n) is 1.03. The highest BCUT2D eigenvalue weighted by Gasteiger charge is 2.47. The molecular weight excluding hydrogens is 303 g/mol. The first-order valence-electron chi connectivity index (χ1n) is 4.17. The second-order valence-electron chi connectivity index (χ2n) is 3.20. The number of aliphatic hydroxyl groups is 5. The molecule has 0 amide bonds. The molecular formula is C6H12Cl2O8S. The lowest BCUT2D eigenvalue weighted by molar-refractivity contribution is -0.331. The summed E-state index contributed by atoms with van der Waals surface area (Å²) in [7, 11) is 4.81. The third-order valence-corrected chi connectivity index (χ3v) is 1.91. The molecule has 0 aromatic rings. The SMILES string of the molecule is O=S(=O)(Cl)Cl.OCC1(O)OC[C@@H](O)[C@@H](O)[C@@H]1O. The fraction of sp³-hybridized carbons (Fsp3) is 1.00. The van der Waals surface area contributed by atoms with Crippen molar-refractivity contribution in [2.45, 2.75) is 24.1 Å². The molecule has 1 saturated heterocycles. The summed E-state index contributed by atoms with van der Waals surface area (Å²) in [6, 6.07) is 0. The van der Waals surface area contributed by atoms with Gasteiger partial charge in [-0.3, -0.25) is 0 Å². The lowest BCUT2D eigenvalue weighted by Gasteiger charge is -2.40. The topological polar surface area (TPSA) is 145 Å². The Balaban J connectivity index is 0.000000437. The van der Waals surface area contributed by atoms with E-state index in [4.69, 9.17) is 28.8 Å². The molecule has 1 fully saturated rings. The predicted octanol–water partition coefficient (Wildman–Crippen LogP) is -2.51. The van der Waals surface area contributed by atoms with Crippen molar-refractivity contribution in [3.63, 3.8) is 0 Å². The van der Waals surface area contributed by atoms with E-state index in [0.717, 1.165) is 0 Å². The molecule has 0 spiro atoms. The average molecular weight is 315 g/mol. The van der Waals surface area contributed by atoms with Crippen LogP contribution in [0.3, 0.4) is 0 Å². The second-order valence-corrected chi connectivity index (χ2v) is 6.86. The molecule has 0 saturated carbocycles. The third kappa shape index (κ3) is 6.13. The number of rotatable bonds is 1. The van der Waals surface area contributed by atoms with Gasteiger partial charge in [0.15, 0.2) is 0 Å². The minimum Gasteiger partial charge on any atom is -0.391 e. The molecule has 0 aromatic carbocycles. The Morgan fingerprint density at radius 3 is 2.06 bits per heavy atom. The van der Waals surface area contributed by atoms with Gasteiger partial charge in [-0.25, -0.2) is 0 Å². The van der Waals surface area contributed by atoms with Gasteiger partial charge < -0.3 is 30.3 Å². The summed E-state index contributed by atoms with van der Waals surface area (Å²) in [4.78, 5) is 0. The Hall–Kier alpha value is 0.290. The third-order valence-electron chi connectivity index (χ3n) is 1.91. The molecule has 1 rings (SSSR count). The van der Waals surface area contributed by atoms with E-state index in [-0.39, 0.29) is 6.61 Å². The normalized spacial score (nSPS) is 38.2. The van der Waals surface area contributed by atoms with Gasteiger partial charge in [0.1, 0.15) is 18.3 Å². The summed E-state index contributed by atoms with van der Waals surface area (Å²) in [6.07, 6.45) is -4.45. The van der Waals surface area contributed by atoms with Crippen molar-refractivity contribution in [3.05, 3.63) is 0 Å². The molecule has 1 unspecified atom stereocenters. The highest BCUT2D eigenvalue weighted by Crippen LogP contribution is 2.22. The molecule has 1 aliphatic rings. The Bertz CT molecular complexity index is 327. The smallest absolute Gasteiger partial charge is 0.317 e. The van der Waals surface area contributed by atoms with E-state index in [0.29, 0.717) is 0 Å². The van der Waals surface area contributed by atoms with Crippen molar-refractivity contribution >= 4 is 29.6 Å². The van der Waals surface area contributed by atoms with Crippen LogP contribution in [-0.4, -0.2) is 71.3 Å². The minimum absolute atomic E-state index is 0.324. The van der Waals surface area contributed by atoms with Crippen molar-refractivity contribution in [3.8, 4) is 0 Å². The van der Waals surface area contributed by atoms with Gasteiger partial charge in [0.25, 0.3) is 0 Å². The Morgan fingerprint density at radius 1 is 1.29 bits per heavy atom. The highest BCUT2D eigenvalue weighted by atomic mass is 36.0. The maximum atomic E-state index is 9.24. The van der Waals surface area contributed by atoms with E-state index in [1.807, 2.05) is 0 Å². The lowest BCUT2D eigenvalue weighted by atomic mass is 9.98. The van der Waals surface area contributed by atoms with Gasteiger partial charge in [-0.05, 0) is 0 Å². The van der Waals surface area contributed by atoms with Gasteiger partial charge in [-0.15, -0.1) is 0 Å². The fourth-order valence-corrected chi connectivity index (χ4v) is 1.03. The molecule has 4 atom stereocenters. The van der Waals surface area contributed by atoms with Crippen LogP contribution in [0.4, 0.5) is 0 Å². The van der Waals surface area contributed by atoms with Crippen molar-refractivity contribution < 1.29 is 38.7 Å². The van der Waals surface area contributed by atoms with E-state index in [1.54, 1.807) is 0 Å². The first-order chi connectivity index (χ1) is 7.51. The zero-order valence-corrected chi connectivity index (χ0v) is 10.6. The summed E-state index contributed by atoms with van der Waals surface area (Å²) in [5.41, 5.74) is 0. The first kappa shape index (κ1) is 17.3. The summed E-state index contributed by atoms with van der Waals surface area (Å²) in [6.45, 7) is -1.16. The molecule has 0 aliphatic carbocycles. The first-order valence-corrected chi connectivity index (χ1v) is 7.30. The van der Waals surface area contributed by atoms with E-state index in [1.165, 1.54) is 0 Å². The van der Waals surface area contributed by atoms with Gasteiger partial charge in [0, 0.05) is 21.4 Å². The highest BCUT2D eigenvalue weighted by molar-refractivity contribution is 8.31. The van der Waals surface area contributed by atoms with Gasteiger partial charge >= 0.3 is 8.26 Å². The van der Waals surface area contributed by atoms with Gasteiger partial charge in [-0.1, -0.05) is 0 Å². The van der Waals surface area contributed by atoms with Crippen LogP contribution in [0.15, 0.2) is 0 Å². The second kappa shape index (κ2) is 6.45. The predicted molar refractivity (Wildman–Crippen MR) is 56.6 cm³/mol. The molecule has 0 bridgehead atoms. The maximum absolute atomic E-state index is 9.24. The van der Waals surface area contributed by atoms with Crippen LogP contribution >= 0.6 is 21.4 Å². The van der Waals surface area contributed by atoms with Crippen molar-refractivity contribution in [1.29, 1.82) is 0 Å². The maximum Gasteiger partial charge on any atom is 0.317 e. The van der Waals surface area contributed by atoms with E-state index >= 15 is 0 Å². The zero-order chi connectivity index (χ0) is 13.9. The number of hydrogen-bond acceptors (Lipinski definition) is 8.